The minimum absolute atomic E-state index is 0.0952. The molecule has 0 fully saturated rings. The molecular weight excluding hydrogens is 398 g/mol. The van der Waals surface area contributed by atoms with Gasteiger partial charge in [0, 0.05) is 17.8 Å². The van der Waals surface area contributed by atoms with E-state index in [1.54, 1.807) is 72.8 Å². The number of benzene rings is 1. The number of rotatable bonds is 6. The fourth-order valence-electron chi connectivity index (χ4n) is 2.86. The van der Waals surface area contributed by atoms with Crippen molar-refractivity contribution < 1.29 is 14.3 Å². The van der Waals surface area contributed by atoms with Gasteiger partial charge in [-0.15, -0.1) is 11.3 Å². The Morgan fingerprint density at radius 3 is 2.57 bits per heavy atom. The highest BCUT2D eigenvalue weighted by Gasteiger charge is 2.24. The second kappa shape index (κ2) is 9.42. The predicted octanol–water partition coefficient (Wildman–Crippen LogP) is 4.68. The standard InChI is InChI=1S/C23H17N3O3S/c1-28-18-9-8-16(21(13-18)29-2)12-20(23(27)22-7-5-11-30-22)26-10-4-3-6-19(26)17(14-24)15-25/h3-13H,1-2H3. The number of hydrogen-bond acceptors (Lipinski definition) is 7. The average Bonchev–Trinajstić information content (AvgIpc) is 3.33. The molecule has 30 heavy (non-hydrogen) atoms. The molecule has 1 aromatic carbocycles. The monoisotopic (exact) mass is 415 g/mol. The van der Waals surface area contributed by atoms with Gasteiger partial charge in [-0.2, -0.15) is 10.5 Å². The molecule has 148 valence electrons. The molecule has 1 aliphatic rings. The smallest absolute Gasteiger partial charge is 0.219 e. The van der Waals surface area contributed by atoms with Gasteiger partial charge in [-0.25, -0.2) is 0 Å². The lowest BCUT2D eigenvalue weighted by Gasteiger charge is -2.26. The molecule has 2 heterocycles. The number of ketones is 1. The summed E-state index contributed by atoms with van der Waals surface area (Å²) in [6, 6.07) is 12.6. The minimum Gasteiger partial charge on any atom is -0.497 e. The molecule has 1 aliphatic heterocycles. The molecule has 0 unspecified atom stereocenters. The van der Waals surface area contributed by atoms with Gasteiger partial charge >= 0.3 is 0 Å². The van der Waals surface area contributed by atoms with Gasteiger partial charge in [-0.3, -0.25) is 4.79 Å². The zero-order chi connectivity index (χ0) is 21.5. The van der Waals surface area contributed by atoms with Crippen LogP contribution >= 0.6 is 11.3 Å². The van der Waals surface area contributed by atoms with Crippen LogP contribution in [0.1, 0.15) is 15.2 Å². The molecule has 0 spiro atoms. The molecule has 7 heteroatoms. The highest BCUT2D eigenvalue weighted by molar-refractivity contribution is 7.12. The highest BCUT2D eigenvalue weighted by Crippen LogP contribution is 2.31. The zero-order valence-electron chi connectivity index (χ0n) is 16.3. The Balaban J connectivity index is 2.21. The highest BCUT2D eigenvalue weighted by atomic mass is 32.1. The van der Waals surface area contributed by atoms with Crippen LogP contribution in [0.4, 0.5) is 0 Å². The van der Waals surface area contributed by atoms with Crippen LogP contribution in [0.3, 0.4) is 0 Å². The van der Waals surface area contributed by atoms with Crippen molar-refractivity contribution in [1.29, 1.82) is 10.5 Å². The van der Waals surface area contributed by atoms with Crippen LogP contribution in [0.2, 0.25) is 0 Å². The molecule has 0 saturated carbocycles. The third kappa shape index (κ3) is 4.17. The minimum atomic E-state index is -0.240. The largest absolute Gasteiger partial charge is 0.497 e. The Hall–Kier alpha value is -4.07. The number of ether oxygens (including phenoxy) is 2. The summed E-state index contributed by atoms with van der Waals surface area (Å²) in [4.78, 5) is 15.4. The first-order valence-corrected chi connectivity index (χ1v) is 9.71. The number of allylic oxidation sites excluding steroid dienone is 5. The lowest BCUT2D eigenvalue weighted by Crippen LogP contribution is -2.23. The van der Waals surface area contributed by atoms with Gasteiger partial charge in [0.2, 0.25) is 5.78 Å². The predicted molar refractivity (Wildman–Crippen MR) is 115 cm³/mol. The van der Waals surface area contributed by atoms with Gasteiger partial charge in [0.15, 0.2) is 5.57 Å². The van der Waals surface area contributed by atoms with Gasteiger partial charge in [0.1, 0.15) is 23.6 Å². The maximum absolute atomic E-state index is 13.4. The molecule has 1 aromatic heterocycles. The van der Waals surface area contributed by atoms with Crippen molar-refractivity contribution in [2.24, 2.45) is 0 Å². The van der Waals surface area contributed by atoms with Crippen molar-refractivity contribution in [2.75, 3.05) is 14.2 Å². The normalized spacial score (nSPS) is 12.9. The van der Waals surface area contributed by atoms with Gasteiger partial charge in [-0.05, 0) is 41.8 Å². The Bertz CT molecular complexity index is 1140. The lowest BCUT2D eigenvalue weighted by atomic mass is 10.1. The van der Waals surface area contributed by atoms with Crippen LogP contribution in [0.15, 0.2) is 77.1 Å². The molecule has 0 atom stereocenters. The fourth-order valence-corrected chi connectivity index (χ4v) is 3.53. The molecule has 0 aliphatic carbocycles. The van der Waals surface area contributed by atoms with Crippen molar-refractivity contribution in [1.82, 2.24) is 4.90 Å². The molecule has 0 N–H and O–H groups in total. The molecule has 3 rings (SSSR count). The summed E-state index contributed by atoms with van der Waals surface area (Å²) in [6.07, 6.45) is 8.40. The zero-order valence-corrected chi connectivity index (χ0v) is 17.1. The number of Topliss-reactive ketones (excluding diaryl/α,β-unsaturated/α-hetero) is 1. The molecule has 0 amide bonds. The van der Waals surface area contributed by atoms with Crippen LogP contribution in [-0.2, 0) is 0 Å². The summed E-state index contributed by atoms with van der Waals surface area (Å²) in [5, 5.41) is 20.6. The molecule has 2 aromatic rings. The Labute approximate surface area is 178 Å². The SMILES string of the molecule is COc1ccc(C=C(C(=O)c2cccs2)N2C=CC=CC2=C(C#N)C#N)c(OC)c1. The third-order valence-corrected chi connectivity index (χ3v) is 5.18. The van der Waals surface area contributed by atoms with E-state index in [0.717, 1.165) is 0 Å². The quantitative estimate of drug-likeness (QED) is 0.387. The third-order valence-electron chi connectivity index (χ3n) is 4.31. The maximum Gasteiger partial charge on any atom is 0.219 e. The lowest BCUT2D eigenvalue weighted by molar-refractivity contribution is 0.101. The van der Waals surface area contributed by atoms with Crippen molar-refractivity contribution in [3.8, 4) is 23.6 Å². The van der Waals surface area contributed by atoms with Crippen LogP contribution in [0.25, 0.3) is 6.08 Å². The maximum atomic E-state index is 13.4. The number of thiophene rings is 1. The molecule has 0 bridgehead atoms. The van der Waals surface area contributed by atoms with E-state index in [0.29, 0.717) is 27.6 Å². The van der Waals surface area contributed by atoms with Gasteiger partial charge < -0.3 is 14.4 Å². The topological polar surface area (TPSA) is 86.4 Å². The van der Waals surface area contributed by atoms with Crippen LogP contribution in [0.5, 0.6) is 11.5 Å². The van der Waals surface area contributed by atoms with Gasteiger partial charge in [0.25, 0.3) is 0 Å². The van der Waals surface area contributed by atoms with Crippen LogP contribution < -0.4 is 9.47 Å². The van der Waals surface area contributed by atoms with E-state index < -0.39 is 0 Å². The van der Waals surface area contributed by atoms with E-state index in [1.165, 1.54) is 18.4 Å². The van der Waals surface area contributed by atoms with E-state index in [2.05, 4.69) is 0 Å². The number of carbonyl (C=O) groups is 1. The van der Waals surface area contributed by atoms with Crippen molar-refractivity contribution >= 4 is 23.2 Å². The van der Waals surface area contributed by atoms with Crippen molar-refractivity contribution in [3.05, 3.63) is 87.5 Å². The number of methoxy groups -OCH3 is 2. The van der Waals surface area contributed by atoms with Gasteiger partial charge in [0.05, 0.1) is 30.5 Å². The number of hydrogen-bond donors (Lipinski definition) is 0. The number of nitrogens with zero attached hydrogens (tertiary/aromatic N) is 3. The second-order valence-electron chi connectivity index (χ2n) is 6.00. The Morgan fingerprint density at radius 1 is 1.13 bits per heavy atom. The van der Waals surface area contributed by atoms with Crippen molar-refractivity contribution in [3.63, 3.8) is 0 Å². The summed E-state index contributed by atoms with van der Waals surface area (Å²) in [5.74, 6) is 0.900. The first kappa shape index (κ1) is 20.7. The molecule has 0 saturated heterocycles. The second-order valence-corrected chi connectivity index (χ2v) is 6.95. The first-order valence-electron chi connectivity index (χ1n) is 8.83. The van der Waals surface area contributed by atoms with Gasteiger partial charge in [-0.1, -0.05) is 12.1 Å². The summed E-state index contributed by atoms with van der Waals surface area (Å²) < 4.78 is 10.7. The average molecular weight is 415 g/mol. The van der Waals surface area contributed by atoms with E-state index in [4.69, 9.17) is 9.47 Å². The van der Waals surface area contributed by atoms with Crippen LogP contribution in [-0.4, -0.2) is 24.9 Å². The molecular formula is C23H17N3O3S. The number of nitriles is 2. The summed E-state index contributed by atoms with van der Waals surface area (Å²) >= 11 is 1.31. The van der Waals surface area contributed by atoms with E-state index >= 15 is 0 Å². The van der Waals surface area contributed by atoms with E-state index in [1.807, 2.05) is 17.5 Å². The van der Waals surface area contributed by atoms with Crippen LogP contribution in [0, 0.1) is 22.7 Å². The molecule has 0 radical (unpaired) electrons. The Morgan fingerprint density at radius 2 is 1.93 bits per heavy atom. The fraction of sp³-hybridized carbons (Fsp3) is 0.0870. The first-order chi connectivity index (χ1) is 14.6. The summed E-state index contributed by atoms with van der Waals surface area (Å²) in [7, 11) is 3.09. The summed E-state index contributed by atoms with van der Waals surface area (Å²) in [6.45, 7) is 0. The summed E-state index contributed by atoms with van der Waals surface area (Å²) in [5.41, 5.74) is 1.16. The van der Waals surface area contributed by atoms with Crippen molar-refractivity contribution in [2.45, 2.75) is 0 Å². The van der Waals surface area contributed by atoms with E-state index in [-0.39, 0.29) is 17.1 Å². The number of carbonyl (C=O) groups excluding carboxylic acids is 1. The molecule has 6 nitrogen and oxygen atoms in total. The van der Waals surface area contributed by atoms with E-state index in [9.17, 15) is 15.3 Å². The Kier molecular flexibility index (Phi) is 6.49.